The van der Waals surface area contributed by atoms with Gasteiger partial charge in [0.1, 0.15) is 11.3 Å². The van der Waals surface area contributed by atoms with Gasteiger partial charge in [-0.2, -0.15) is 0 Å². The van der Waals surface area contributed by atoms with Gasteiger partial charge in [0, 0.05) is 0 Å². The summed E-state index contributed by atoms with van der Waals surface area (Å²) in [6.07, 6.45) is 3.27. The minimum Gasteiger partial charge on any atom is -0.472 e. The molecule has 0 amide bonds. The van der Waals surface area contributed by atoms with Crippen molar-refractivity contribution in [3.63, 3.8) is 0 Å². The van der Waals surface area contributed by atoms with Crippen LogP contribution >= 0.6 is 11.3 Å². The summed E-state index contributed by atoms with van der Waals surface area (Å²) in [4.78, 5) is 0. The van der Waals surface area contributed by atoms with Crippen LogP contribution in [0.2, 0.25) is 0 Å². The Kier molecular flexibility index (Phi) is 2.92. The topological polar surface area (TPSA) is 64.9 Å². The highest BCUT2D eigenvalue weighted by Gasteiger charge is 2.15. The van der Waals surface area contributed by atoms with Crippen molar-refractivity contribution in [2.75, 3.05) is 0 Å². The zero-order chi connectivity index (χ0) is 12.4. The van der Waals surface area contributed by atoms with E-state index in [1.54, 1.807) is 12.5 Å². The molecule has 0 radical (unpaired) electrons. The first-order chi connectivity index (χ1) is 8.84. The summed E-state index contributed by atoms with van der Waals surface area (Å²) in [6.45, 7) is 0. The lowest BCUT2D eigenvalue weighted by Gasteiger charge is -2.06. The van der Waals surface area contributed by atoms with Gasteiger partial charge < -0.3 is 10.2 Å². The van der Waals surface area contributed by atoms with Crippen molar-refractivity contribution in [3.8, 4) is 10.6 Å². The van der Waals surface area contributed by atoms with Crippen LogP contribution in [-0.2, 0) is 0 Å². The van der Waals surface area contributed by atoms with Crippen LogP contribution in [0.4, 0.5) is 0 Å². The van der Waals surface area contributed by atoms with Crippen molar-refractivity contribution in [2.24, 2.45) is 5.73 Å². The maximum atomic E-state index is 6.17. The predicted octanol–water partition coefficient (Wildman–Crippen LogP) is 2.85. The molecule has 0 spiro atoms. The number of rotatable bonds is 3. The molecular formula is C13H11N3OS. The normalized spacial score (nSPS) is 12.5. The average Bonchev–Trinajstić information content (AvgIpc) is 3.09. The third-order valence-electron chi connectivity index (χ3n) is 2.63. The van der Waals surface area contributed by atoms with Crippen LogP contribution < -0.4 is 5.73 Å². The lowest BCUT2D eigenvalue weighted by atomic mass is 10.1. The van der Waals surface area contributed by atoms with Crippen LogP contribution in [0, 0.1) is 0 Å². The van der Waals surface area contributed by atoms with Crippen LogP contribution in [0.25, 0.3) is 10.6 Å². The zero-order valence-corrected chi connectivity index (χ0v) is 10.3. The average molecular weight is 257 g/mol. The fraction of sp³-hybridized carbons (Fsp3) is 0.0769. The van der Waals surface area contributed by atoms with Gasteiger partial charge in [-0.25, -0.2) is 0 Å². The van der Waals surface area contributed by atoms with E-state index in [4.69, 9.17) is 10.2 Å². The lowest BCUT2D eigenvalue weighted by Crippen LogP contribution is -2.11. The molecule has 1 aromatic carbocycles. The molecule has 0 fully saturated rings. The summed E-state index contributed by atoms with van der Waals surface area (Å²) >= 11 is 1.49. The molecule has 3 aromatic rings. The Morgan fingerprint density at radius 3 is 2.67 bits per heavy atom. The smallest absolute Gasteiger partial charge is 0.151 e. The van der Waals surface area contributed by atoms with E-state index in [9.17, 15) is 0 Å². The minimum absolute atomic E-state index is 0.232. The third kappa shape index (κ3) is 2.05. The first kappa shape index (κ1) is 11.1. The molecule has 0 saturated carbocycles. The van der Waals surface area contributed by atoms with Gasteiger partial charge in [-0.05, 0) is 11.6 Å². The van der Waals surface area contributed by atoms with E-state index >= 15 is 0 Å². The largest absolute Gasteiger partial charge is 0.472 e. The number of nitrogens with two attached hydrogens (primary N) is 1. The molecule has 2 N–H and O–H groups in total. The van der Waals surface area contributed by atoms with Gasteiger partial charge in [0.05, 0.1) is 17.9 Å². The number of hydrogen-bond donors (Lipinski definition) is 1. The highest BCUT2D eigenvalue weighted by Crippen LogP contribution is 2.28. The van der Waals surface area contributed by atoms with Crippen LogP contribution in [0.1, 0.15) is 16.6 Å². The van der Waals surface area contributed by atoms with E-state index in [-0.39, 0.29) is 6.04 Å². The standard InChI is InChI=1S/C13H11N3OS/c14-11(9-4-2-1-3-5-9)13-16-15-12(18-13)10-6-7-17-8-10/h1-8,11H,14H2. The third-order valence-corrected chi connectivity index (χ3v) is 3.69. The molecular weight excluding hydrogens is 246 g/mol. The number of benzene rings is 1. The minimum atomic E-state index is -0.232. The molecule has 5 heteroatoms. The Labute approximate surface area is 108 Å². The van der Waals surface area contributed by atoms with Crippen LogP contribution in [0.5, 0.6) is 0 Å². The summed E-state index contributed by atoms with van der Waals surface area (Å²) in [7, 11) is 0. The van der Waals surface area contributed by atoms with Crippen LogP contribution in [0.15, 0.2) is 53.3 Å². The summed E-state index contributed by atoms with van der Waals surface area (Å²) in [5, 5.41) is 9.91. The SMILES string of the molecule is NC(c1ccccc1)c1nnc(-c2ccoc2)s1. The molecule has 0 aliphatic heterocycles. The van der Waals surface area contributed by atoms with Gasteiger partial charge in [0.25, 0.3) is 0 Å². The van der Waals surface area contributed by atoms with Crippen molar-refractivity contribution >= 4 is 11.3 Å². The second-order valence-corrected chi connectivity index (χ2v) is 4.85. The molecule has 2 aromatic heterocycles. The zero-order valence-electron chi connectivity index (χ0n) is 9.48. The maximum Gasteiger partial charge on any atom is 0.151 e. The van der Waals surface area contributed by atoms with Crippen LogP contribution in [-0.4, -0.2) is 10.2 Å². The molecule has 0 bridgehead atoms. The lowest BCUT2D eigenvalue weighted by molar-refractivity contribution is 0.568. The van der Waals surface area contributed by atoms with Gasteiger partial charge >= 0.3 is 0 Å². The van der Waals surface area contributed by atoms with Crippen molar-refractivity contribution in [2.45, 2.75) is 6.04 Å². The van der Waals surface area contributed by atoms with E-state index < -0.39 is 0 Å². The molecule has 1 atom stereocenters. The monoisotopic (exact) mass is 257 g/mol. The Bertz CT molecular complexity index is 619. The highest BCUT2D eigenvalue weighted by molar-refractivity contribution is 7.14. The summed E-state index contributed by atoms with van der Waals surface area (Å²) in [6, 6.07) is 11.5. The molecule has 2 heterocycles. The Hall–Kier alpha value is -1.98. The van der Waals surface area contributed by atoms with Crippen LogP contribution in [0.3, 0.4) is 0 Å². The van der Waals surface area contributed by atoms with Gasteiger partial charge in [-0.15, -0.1) is 10.2 Å². The first-order valence-electron chi connectivity index (χ1n) is 5.51. The Morgan fingerprint density at radius 1 is 1.11 bits per heavy atom. The van der Waals surface area contributed by atoms with E-state index in [0.717, 1.165) is 21.1 Å². The molecule has 4 nitrogen and oxygen atoms in total. The molecule has 0 aliphatic carbocycles. The summed E-state index contributed by atoms with van der Waals surface area (Å²) in [5.41, 5.74) is 8.13. The second kappa shape index (κ2) is 4.72. The van der Waals surface area contributed by atoms with Gasteiger partial charge in [-0.3, -0.25) is 0 Å². The predicted molar refractivity (Wildman–Crippen MR) is 70.1 cm³/mol. The summed E-state index contributed by atoms with van der Waals surface area (Å²) in [5.74, 6) is 0. The maximum absolute atomic E-state index is 6.17. The molecule has 3 rings (SSSR count). The quantitative estimate of drug-likeness (QED) is 0.783. The fourth-order valence-electron chi connectivity index (χ4n) is 1.67. The first-order valence-corrected chi connectivity index (χ1v) is 6.33. The number of hydrogen-bond acceptors (Lipinski definition) is 5. The van der Waals surface area contributed by atoms with E-state index in [1.165, 1.54) is 11.3 Å². The molecule has 0 aliphatic rings. The Balaban J connectivity index is 1.90. The number of nitrogens with zero attached hydrogens (tertiary/aromatic N) is 2. The second-order valence-electron chi connectivity index (χ2n) is 3.85. The number of aromatic nitrogens is 2. The van der Waals surface area contributed by atoms with Crippen molar-refractivity contribution < 1.29 is 4.42 Å². The highest BCUT2D eigenvalue weighted by atomic mass is 32.1. The van der Waals surface area contributed by atoms with E-state index in [1.807, 2.05) is 36.4 Å². The fourth-order valence-corrected chi connectivity index (χ4v) is 2.52. The van der Waals surface area contributed by atoms with Crippen molar-refractivity contribution in [3.05, 3.63) is 59.5 Å². The van der Waals surface area contributed by atoms with Crippen molar-refractivity contribution in [1.82, 2.24) is 10.2 Å². The Morgan fingerprint density at radius 2 is 1.94 bits per heavy atom. The number of furan rings is 1. The molecule has 18 heavy (non-hydrogen) atoms. The molecule has 90 valence electrons. The molecule has 0 saturated heterocycles. The van der Waals surface area contributed by atoms with E-state index in [0.29, 0.717) is 0 Å². The van der Waals surface area contributed by atoms with Gasteiger partial charge in [0.2, 0.25) is 0 Å². The van der Waals surface area contributed by atoms with Crippen molar-refractivity contribution in [1.29, 1.82) is 0 Å². The van der Waals surface area contributed by atoms with Gasteiger partial charge in [-0.1, -0.05) is 41.7 Å². The molecule has 1 unspecified atom stereocenters. The summed E-state index contributed by atoms with van der Waals surface area (Å²) < 4.78 is 5.03. The van der Waals surface area contributed by atoms with Gasteiger partial charge in [0.15, 0.2) is 5.01 Å². The van der Waals surface area contributed by atoms with E-state index in [2.05, 4.69) is 10.2 Å².